The first-order valence-electron chi connectivity index (χ1n) is 7.05. The molecule has 1 N–H and O–H groups in total. The van der Waals surface area contributed by atoms with Crippen molar-refractivity contribution >= 4 is 11.6 Å². The monoisotopic (exact) mass is 259 g/mol. The Balaban J connectivity index is 1.62. The second-order valence-corrected chi connectivity index (χ2v) is 5.88. The number of aryl methyl sites for hydroxylation is 1. The molecule has 102 valence electrons. The van der Waals surface area contributed by atoms with Crippen molar-refractivity contribution in [3.8, 4) is 0 Å². The number of hydrogen-bond acceptors (Lipinski definition) is 4. The number of nitrogens with one attached hydrogen (secondary N) is 1. The number of rotatable bonds is 5. The van der Waals surface area contributed by atoms with E-state index in [9.17, 15) is 4.79 Å². The molecule has 1 aromatic rings. The largest absolute Gasteiger partial charge is 0.356 e. The number of pyridine rings is 1. The third-order valence-electron chi connectivity index (χ3n) is 4.17. The van der Waals surface area contributed by atoms with Gasteiger partial charge in [0.1, 0.15) is 11.6 Å². The predicted octanol–water partition coefficient (Wildman–Crippen LogP) is 1.52. The van der Waals surface area contributed by atoms with Gasteiger partial charge in [-0.25, -0.2) is 4.98 Å². The van der Waals surface area contributed by atoms with Gasteiger partial charge < -0.3 is 10.2 Å². The van der Waals surface area contributed by atoms with Crippen LogP contribution in [0.3, 0.4) is 0 Å². The van der Waals surface area contributed by atoms with Gasteiger partial charge >= 0.3 is 0 Å². The van der Waals surface area contributed by atoms with Gasteiger partial charge in [0, 0.05) is 25.3 Å². The van der Waals surface area contributed by atoms with Crippen molar-refractivity contribution in [2.45, 2.75) is 26.8 Å². The highest BCUT2D eigenvalue weighted by molar-refractivity contribution is 5.77. The molecule has 0 spiro atoms. The van der Waals surface area contributed by atoms with Crippen LogP contribution in [0.15, 0.2) is 12.1 Å². The molecule has 0 radical (unpaired) electrons. The molecular formula is C15H21N3O. The summed E-state index contributed by atoms with van der Waals surface area (Å²) in [6.45, 7) is 7.14. The van der Waals surface area contributed by atoms with E-state index in [0.717, 1.165) is 23.3 Å². The predicted molar refractivity (Wildman–Crippen MR) is 75.2 cm³/mol. The number of piperidine rings is 1. The van der Waals surface area contributed by atoms with Crippen molar-refractivity contribution in [2.75, 3.05) is 24.5 Å². The maximum absolute atomic E-state index is 10.9. The molecule has 2 fully saturated rings. The van der Waals surface area contributed by atoms with Gasteiger partial charge in [0.05, 0.1) is 6.54 Å². The summed E-state index contributed by atoms with van der Waals surface area (Å²) in [6.07, 6.45) is 1.42. The zero-order chi connectivity index (χ0) is 13.4. The van der Waals surface area contributed by atoms with Crippen LogP contribution in [-0.2, 0) is 11.3 Å². The molecule has 4 nitrogen and oxygen atoms in total. The fourth-order valence-electron chi connectivity index (χ4n) is 2.90. The van der Waals surface area contributed by atoms with E-state index in [4.69, 9.17) is 4.98 Å². The summed E-state index contributed by atoms with van der Waals surface area (Å²) < 4.78 is 0. The normalized spacial score (nSPS) is 24.4. The van der Waals surface area contributed by atoms with Crippen molar-refractivity contribution in [3.05, 3.63) is 23.4 Å². The Morgan fingerprint density at radius 3 is 2.79 bits per heavy atom. The molecule has 1 saturated heterocycles. The van der Waals surface area contributed by atoms with Gasteiger partial charge in [-0.2, -0.15) is 0 Å². The first-order valence-corrected chi connectivity index (χ1v) is 7.05. The summed E-state index contributed by atoms with van der Waals surface area (Å²) >= 11 is 0. The lowest BCUT2D eigenvalue weighted by Crippen LogP contribution is -2.24. The molecule has 19 heavy (non-hydrogen) atoms. The molecule has 2 atom stereocenters. The molecule has 4 heteroatoms. The van der Waals surface area contributed by atoms with Crippen LogP contribution in [0.4, 0.5) is 5.82 Å². The Labute approximate surface area is 114 Å². The van der Waals surface area contributed by atoms with Crippen LogP contribution in [0.1, 0.15) is 24.6 Å². The van der Waals surface area contributed by atoms with Gasteiger partial charge in [-0.1, -0.05) is 6.07 Å². The lowest BCUT2D eigenvalue weighted by molar-refractivity contribution is -0.116. The van der Waals surface area contributed by atoms with Crippen LogP contribution < -0.4 is 10.2 Å². The SMILES string of the molecule is CC(=O)CNCc1ccc(N2CC3CC3C2)nc1C. The van der Waals surface area contributed by atoms with Crippen molar-refractivity contribution < 1.29 is 4.79 Å². The minimum atomic E-state index is 0.165. The number of carbonyl (C=O) groups excluding carboxylic acids is 1. The minimum absolute atomic E-state index is 0.165. The number of anilines is 1. The topological polar surface area (TPSA) is 45.2 Å². The summed E-state index contributed by atoms with van der Waals surface area (Å²) in [7, 11) is 0. The van der Waals surface area contributed by atoms with Gasteiger partial charge in [0.25, 0.3) is 0 Å². The van der Waals surface area contributed by atoms with E-state index in [2.05, 4.69) is 22.3 Å². The van der Waals surface area contributed by atoms with Crippen LogP contribution in [0, 0.1) is 18.8 Å². The highest BCUT2D eigenvalue weighted by Crippen LogP contribution is 2.45. The van der Waals surface area contributed by atoms with E-state index in [1.54, 1.807) is 6.92 Å². The summed E-state index contributed by atoms with van der Waals surface area (Å²) in [5.41, 5.74) is 2.24. The van der Waals surface area contributed by atoms with E-state index >= 15 is 0 Å². The average molecular weight is 259 g/mol. The zero-order valence-corrected chi connectivity index (χ0v) is 11.6. The van der Waals surface area contributed by atoms with E-state index in [1.165, 1.54) is 25.1 Å². The highest BCUT2D eigenvalue weighted by atomic mass is 16.1. The van der Waals surface area contributed by atoms with Crippen LogP contribution >= 0.6 is 0 Å². The van der Waals surface area contributed by atoms with Crippen molar-refractivity contribution in [1.29, 1.82) is 0 Å². The molecule has 2 heterocycles. The molecule has 2 unspecified atom stereocenters. The molecule has 1 aromatic heterocycles. The van der Waals surface area contributed by atoms with Crippen molar-refractivity contribution in [1.82, 2.24) is 10.3 Å². The molecule has 2 aliphatic rings. The molecule has 1 aliphatic heterocycles. The molecule has 1 saturated carbocycles. The van der Waals surface area contributed by atoms with Crippen LogP contribution in [-0.4, -0.2) is 30.4 Å². The number of fused-ring (bicyclic) bond motifs is 1. The van der Waals surface area contributed by atoms with E-state index < -0.39 is 0 Å². The number of ketones is 1. The second kappa shape index (κ2) is 4.93. The Kier molecular flexibility index (Phi) is 3.27. The number of Topliss-reactive ketones (excluding diaryl/α,β-unsaturated/α-hetero) is 1. The Morgan fingerprint density at radius 1 is 1.42 bits per heavy atom. The number of aromatic nitrogens is 1. The molecule has 0 bridgehead atoms. The second-order valence-electron chi connectivity index (χ2n) is 5.88. The van der Waals surface area contributed by atoms with E-state index in [0.29, 0.717) is 13.1 Å². The molecule has 1 aliphatic carbocycles. The van der Waals surface area contributed by atoms with E-state index in [1.807, 2.05) is 6.92 Å². The fraction of sp³-hybridized carbons (Fsp3) is 0.600. The Bertz CT molecular complexity index is 490. The Hall–Kier alpha value is -1.42. The summed E-state index contributed by atoms with van der Waals surface area (Å²) in [6, 6.07) is 4.25. The highest BCUT2D eigenvalue weighted by Gasteiger charge is 2.45. The van der Waals surface area contributed by atoms with Crippen LogP contribution in [0.2, 0.25) is 0 Å². The van der Waals surface area contributed by atoms with Gasteiger partial charge in [0.2, 0.25) is 0 Å². The Morgan fingerprint density at radius 2 is 2.16 bits per heavy atom. The van der Waals surface area contributed by atoms with Gasteiger partial charge in [-0.15, -0.1) is 0 Å². The van der Waals surface area contributed by atoms with Crippen molar-refractivity contribution in [2.24, 2.45) is 11.8 Å². The number of carbonyl (C=O) groups is 1. The molecule has 0 aromatic carbocycles. The lowest BCUT2D eigenvalue weighted by Gasteiger charge is -2.20. The summed E-state index contributed by atoms with van der Waals surface area (Å²) in [4.78, 5) is 18.0. The quantitative estimate of drug-likeness (QED) is 0.871. The minimum Gasteiger partial charge on any atom is -0.356 e. The molecular weight excluding hydrogens is 238 g/mol. The van der Waals surface area contributed by atoms with Crippen LogP contribution in [0.5, 0.6) is 0 Å². The maximum Gasteiger partial charge on any atom is 0.143 e. The molecule has 3 rings (SSSR count). The fourth-order valence-corrected chi connectivity index (χ4v) is 2.90. The summed E-state index contributed by atoms with van der Waals surface area (Å²) in [5.74, 6) is 3.14. The average Bonchev–Trinajstić information content (AvgIpc) is 2.98. The zero-order valence-electron chi connectivity index (χ0n) is 11.6. The van der Waals surface area contributed by atoms with Crippen molar-refractivity contribution in [3.63, 3.8) is 0 Å². The summed E-state index contributed by atoms with van der Waals surface area (Å²) in [5, 5.41) is 3.14. The number of nitrogens with zero attached hydrogens (tertiary/aromatic N) is 2. The van der Waals surface area contributed by atoms with Gasteiger partial charge in [-0.3, -0.25) is 4.79 Å². The van der Waals surface area contributed by atoms with Gasteiger partial charge in [-0.05, 0) is 43.7 Å². The maximum atomic E-state index is 10.9. The number of hydrogen-bond donors (Lipinski definition) is 1. The molecule has 0 amide bonds. The lowest BCUT2D eigenvalue weighted by atomic mass is 10.2. The smallest absolute Gasteiger partial charge is 0.143 e. The van der Waals surface area contributed by atoms with Gasteiger partial charge in [0.15, 0.2) is 0 Å². The van der Waals surface area contributed by atoms with E-state index in [-0.39, 0.29) is 5.78 Å². The third kappa shape index (κ3) is 2.78. The third-order valence-corrected chi connectivity index (χ3v) is 4.17. The first kappa shape index (κ1) is 12.6. The standard InChI is InChI=1S/C15H21N3O/c1-10(19)6-16-7-12-3-4-15(17-11(12)2)18-8-13-5-14(13)9-18/h3-4,13-14,16H,5-9H2,1-2H3. The first-order chi connectivity index (χ1) is 9.13. The van der Waals surface area contributed by atoms with Crippen LogP contribution in [0.25, 0.3) is 0 Å².